The van der Waals surface area contributed by atoms with Crippen molar-refractivity contribution in [1.29, 1.82) is 0 Å². The zero-order valence-electron chi connectivity index (χ0n) is 23.7. The molecular formula is C33H33AlN3O3. The first-order chi connectivity index (χ1) is 18.6. The van der Waals surface area contributed by atoms with Gasteiger partial charge in [0.1, 0.15) is 33.8 Å². The second-order valence-electron chi connectivity index (χ2n) is 9.76. The normalized spacial score (nSPS) is 10.3. The van der Waals surface area contributed by atoms with Crippen LogP contribution in [0.5, 0.6) is 17.2 Å². The van der Waals surface area contributed by atoms with Crippen LogP contribution in [0.2, 0.25) is 0 Å². The van der Waals surface area contributed by atoms with Crippen LogP contribution in [0.3, 0.4) is 0 Å². The maximum absolute atomic E-state index is 9.56. The number of fused-ring (bicyclic) bond motifs is 3. The summed E-state index contributed by atoms with van der Waals surface area (Å²) in [5, 5.41) is 31.8. The van der Waals surface area contributed by atoms with Crippen molar-refractivity contribution in [2.75, 3.05) is 0 Å². The summed E-state index contributed by atoms with van der Waals surface area (Å²) in [6.45, 7) is 12.1. The molecule has 0 saturated heterocycles. The first kappa shape index (κ1) is 30.4. The van der Waals surface area contributed by atoms with Crippen molar-refractivity contribution in [3.63, 3.8) is 0 Å². The SMILES string of the molecule is Cc1ccnc2c(O)ccc(C)c12.Cc1ccnc2c(O)ccc(C)c12.Cc1ccnc2c(O)ccc(C)c12.[Al]. The highest BCUT2D eigenvalue weighted by molar-refractivity contribution is 5.91. The van der Waals surface area contributed by atoms with E-state index in [9.17, 15) is 15.3 Å². The largest absolute Gasteiger partial charge is 0.506 e. The highest BCUT2D eigenvalue weighted by Gasteiger charge is 2.07. The van der Waals surface area contributed by atoms with Crippen LogP contribution in [-0.2, 0) is 0 Å². The molecule has 0 fully saturated rings. The molecule has 3 aromatic carbocycles. The summed E-state index contributed by atoms with van der Waals surface area (Å²) in [5.41, 5.74) is 8.99. The quantitative estimate of drug-likeness (QED) is 0.173. The number of aryl methyl sites for hydroxylation is 6. The van der Waals surface area contributed by atoms with Crippen LogP contribution < -0.4 is 0 Å². The average molecular weight is 547 g/mol. The molecule has 201 valence electrons. The lowest BCUT2D eigenvalue weighted by atomic mass is 10.0. The number of phenolic OH excluding ortho intramolecular Hbond substituents is 3. The van der Waals surface area contributed by atoms with E-state index in [0.29, 0.717) is 16.6 Å². The Balaban J connectivity index is 0.000000163. The zero-order valence-corrected chi connectivity index (χ0v) is 24.8. The summed E-state index contributed by atoms with van der Waals surface area (Å²) in [6, 6.07) is 16.6. The van der Waals surface area contributed by atoms with Gasteiger partial charge in [0.05, 0.1) is 0 Å². The van der Waals surface area contributed by atoms with E-state index >= 15 is 0 Å². The topological polar surface area (TPSA) is 99.4 Å². The van der Waals surface area contributed by atoms with Crippen LogP contribution in [0.25, 0.3) is 32.7 Å². The van der Waals surface area contributed by atoms with E-state index in [0.717, 1.165) is 49.5 Å². The van der Waals surface area contributed by atoms with E-state index in [1.165, 1.54) is 0 Å². The van der Waals surface area contributed by atoms with Crippen molar-refractivity contribution in [2.45, 2.75) is 41.5 Å². The van der Waals surface area contributed by atoms with Gasteiger partial charge < -0.3 is 15.3 Å². The molecule has 6 aromatic rings. The summed E-state index contributed by atoms with van der Waals surface area (Å²) in [7, 11) is 0. The van der Waals surface area contributed by atoms with Gasteiger partial charge in [-0.3, -0.25) is 15.0 Å². The third-order valence-corrected chi connectivity index (χ3v) is 6.86. The molecule has 40 heavy (non-hydrogen) atoms. The number of aromatic nitrogens is 3. The fourth-order valence-electron chi connectivity index (χ4n) is 4.85. The molecule has 0 spiro atoms. The van der Waals surface area contributed by atoms with Crippen LogP contribution >= 0.6 is 0 Å². The molecule has 0 amide bonds. The Kier molecular flexibility index (Phi) is 9.70. The molecule has 6 rings (SSSR count). The van der Waals surface area contributed by atoms with E-state index in [-0.39, 0.29) is 34.6 Å². The highest BCUT2D eigenvalue weighted by Crippen LogP contribution is 2.29. The number of phenols is 3. The molecule has 0 bridgehead atoms. The molecule has 6 nitrogen and oxygen atoms in total. The average Bonchev–Trinajstić information content (AvgIpc) is 2.91. The Morgan fingerprint density at radius 1 is 0.375 bits per heavy atom. The smallest absolute Gasteiger partial charge is 0.141 e. The molecule has 0 unspecified atom stereocenters. The molecule has 0 aliphatic rings. The molecule has 3 radical (unpaired) electrons. The zero-order chi connectivity index (χ0) is 28.3. The van der Waals surface area contributed by atoms with Crippen molar-refractivity contribution in [3.05, 3.63) is 107 Å². The third-order valence-electron chi connectivity index (χ3n) is 6.86. The lowest BCUT2D eigenvalue weighted by molar-refractivity contribution is 0.479. The minimum Gasteiger partial charge on any atom is -0.506 e. The van der Waals surface area contributed by atoms with Gasteiger partial charge in [0.2, 0.25) is 0 Å². The van der Waals surface area contributed by atoms with Crippen molar-refractivity contribution in [2.24, 2.45) is 0 Å². The van der Waals surface area contributed by atoms with Crippen molar-refractivity contribution >= 4 is 50.1 Å². The van der Waals surface area contributed by atoms with Crippen molar-refractivity contribution < 1.29 is 15.3 Å². The van der Waals surface area contributed by atoms with Crippen LogP contribution in [0.15, 0.2) is 73.2 Å². The van der Waals surface area contributed by atoms with Crippen LogP contribution in [0.4, 0.5) is 0 Å². The van der Waals surface area contributed by atoms with Crippen LogP contribution in [0.1, 0.15) is 33.4 Å². The number of rotatable bonds is 0. The maximum Gasteiger partial charge on any atom is 0.141 e. The summed E-state index contributed by atoms with van der Waals surface area (Å²) >= 11 is 0. The fourth-order valence-corrected chi connectivity index (χ4v) is 4.85. The number of hydrogen-bond donors (Lipinski definition) is 3. The number of benzene rings is 3. The Morgan fingerprint density at radius 3 is 0.825 bits per heavy atom. The molecule has 3 N–H and O–H groups in total. The molecule has 0 aliphatic carbocycles. The lowest BCUT2D eigenvalue weighted by Crippen LogP contribution is -1.86. The Labute approximate surface area is 245 Å². The molecule has 0 saturated carbocycles. The predicted molar refractivity (Wildman–Crippen MR) is 164 cm³/mol. The van der Waals surface area contributed by atoms with Crippen molar-refractivity contribution in [1.82, 2.24) is 15.0 Å². The Bertz CT molecular complexity index is 1580. The summed E-state index contributed by atoms with van der Waals surface area (Å²) in [5.74, 6) is 0.762. The Hall–Kier alpha value is -4.18. The van der Waals surface area contributed by atoms with Gasteiger partial charge in [0.15, 0.2) is 0 Å². The standard InChI is InChI=1S/3C11H11NO.Al/c3*1-7-3-4-9(13)11-10(7)8(2)5-6-12-11;/h3*3-6,13H,1-2H3;. The number of aromatic hydroxyl groups is 3. The molecule has 7 heteroatoms. The monoisotopic (exact) mass is 546 g/mol. The second-order valence-corrected chi connectivity index (χ2v) is 9.76. The summed E-state index contributed by atoms with van der Waals surface area (Å²) in [6.07, 6.45) is 5.16. The van der Waals surface area contributed by atoms with Gasteiger partial charge in [-0.2, -0.15) is 0 Å². The van der Waals surface area contributed by atoms with Crippen molar-refractivity contribution in [3.8, 4) is 17.2 Å². The van der Waals surface area contributed by atoms with Gasteiger partial charge in [-0.1, -0.05) is 18.2 Å². The van der Waals surface area contributed by atoms with Gasteiger partial charge in [0.25, 0.3) is 0 Å². The van der Waals surface area contributed by atoms with E-state index in [2.05, 4.69) is 15.0 Å². The fraction of sp³-hybridized carbons (Fsp3) is 0.182. The van der Waals surface area contributed by atoms with Gasteiger partial charge in [0, 0.05) is 52.1 Å². The van der Waals surface area contributed by atoms with Crippen LogP contribution in [0, 0.1) is 41.5 Å². The van der Waals surface area contributed by atoms with Gasteiger partial charge in [-0.15, -0.1) is 0 Å². The van der Waals surface area contributed by atoms with E-state index in [4.69, 9.17) is 0 Å². The Morgan fingerprint density at radius 2 is 0.600 bits per heavy atom. The number of pyridine rings is 3. The first-order valence-electron chi connectivity index (χ1n) is 12.7. The predicted octanol–water partition coefficient (Wildman–Crippen LogP) is 7.29. The summed E-state index contributed by atoms with van der Waals surface area (Å²) < 4.78 is 0. The maximum atomic E-state index is 9.56. The molecule has 0 atom stereocenters. The van der Waals surface area contributed by atoms with E-state index < -0.39 is 0 Å². The van der Waals surface area contributed by atoms with E-state index in [1.807, 2.05) is 77.9 Å². The minimum absolute atomic E-state index is 0. The number of nitrogens with zero attached hydrogens (tertiary/aromatic N) is 3. The highest BCUT2D eigenvalue weighted by atomic mass is 27.0. The van der Waals surface area contributed by atoms with Gasteiger partial charge in [-0.25, -0.2) is 0 Å². The van der Waals surface area contributed by atoms with Gasteiger partial charge >= 0.3 is 0 Å². The molecule has 3 heterocycles. The van der Waals surface area contributed by atoms with E-state index in [1.54, 1.807) is 36.8 Å². The van der Waals surface area contributed by atoms with Crippen LogP contribution in [-0.4, -0.2) is 47.6 Å². The minimum atomic E-state index is 0. The summed E-state index contributed by atoms with van der Waals surface area (Å²) in [4.78, 5) is 12.5. The third kappa shape index (κ3) is 6.17. The number of hydrogen-bond acceptors (Lipinski definition) is 6. The molecular weight excluding hydrogens is 513 g/mol. The lowest BCUT2D eigenvalue weighted by Gasteiger charge is -2.05. The molecule has 3 aromatic heterocycles. The first-order valence-corrected chi connectivity index (χ1v) is 12.7. The second kappa shape index (κ2) is 12.8. The molecule has 0 aliphatic heterocycles. The van der Waals surface area contributed by atoms with Gasteiger partial charge in [-0.05, 0) is 111 Å².